The van der Waals surface area contributed by atoms with Crippen molar-refractivity contribution in [1.82, 2.24) is 9.80 Å². The summed E-state index contributed by atoms with van der Waals surface area (Å²) in [5.41, 5.74) is 6.16. The third-order valence-electron chi connectivity index (χ3n) is 4.04. The van der Waals surface area contributed by atoms with Crippen molar-refractivity contribution in [2.75, 3.05) is 46.4 Å². The van der Waals surface area contributed by atoms with Crippen molar-refractivity contribution in [2.45, 2.75) is 45.2 Å². The van der Waals surface area contributed by atoms with E-state index in [9.17, 15) is 0 Å². The molecule has 0 aromatic heterocycles. The van der Waals surface area contributed by atoms with Crippen LogP contribution in [-0.2, 0) is 4.74 Å². The molecule has 18 heavy (non-hydrogen) atoms. The first-order valence-corrected chi connectivity index (χ1v) is 7.38. The normalized spacial score (nSPS) is 22.0. The van der Waals surface area contributed by atoms with Crippen LogP contribution in [0, 0.1) is 0 Å². The predicted molar refractivity (Wildman–Crippen MR) is 76.9 cm³/mol. The van der Waals surface area contributed by atoms with E-state index < -0.39 is 0 Å². The SMILES string of the molecule is CCC(C)N1CCN(CC(N)CCCOC)CC1. The highest BCUT2D eigenvalue weighted by Crippen LogP contribution is 2.09. The van der Waals surface area contributed by atoms with Gasteiger partial charge in [0.2, 0.25) is 0 Å². The second-order valence-corrected chi connectivity index (χ2v) is 5.49. The minimum atomic E-state index is 0.301. The number of piperazine rings is 1. The Bertz CT molecular complexity index is 205. The van der Waals surface area contributed by atoms with E-state index in [0.717, 1.165) is 32.0 Å². The summed E-state index contributed by atoms with van der Waals surface area (Å²) in [6.07, 6.45) is 3.39. The maximum Gasteiger partial charge on any atom is 0.0462 e. The lowest BCUT2D eigenvalue weighted by Crippen LogP contribution is -2.52. The molecule has 0 aromatic rings. The summed E-state index contributed by atoms with van der Waals surface area (Å²) in [6.45, 7) is 11.2. The monoisotopic (exact) mass is 257 g/mol. The quantitative estimate of drug-likeness (QED) is 0.663. The Labute approximate surface area is 112 Å². The van der Waals surface area contributed by atoms with Crippen molar-refractivity contribution >= 4 is 0 Å². The van der Waals surface area contributed by atoms with Gasteiger partial charge in [-0.15, -0.1) is 0 Å². The van der Waals surface area contributed by atoms with Crippen LogP contribution < -0.4 is 5.73 Å². The van der Waals surface area contributed by atoms with Gasteiger partial charge in [-0.1, -0.05) is 6.92 Å². The van der Waals surface area contributed by atoms with Crippen LogP contribution in [0.1, 0.15) is 33.1 Å². The van der Waals surface area contributed by atoms with Crippen molar-refractivity contribution in [2.24, 2.45) is 5.73 Å². The summed E-state index contributed by atoms with van der Waals surface area (Å²) in [5.74, 6) is 0. The molecule has 0 aromatic carbocycles. The Morgan fingerprint density at radius 1 is 1.22 bits per heavy atom. The summed E-state index contributed by atoms with van der Waals surface area (Å²) in [7, 11) is 1.75. The van der Waals surface area contributed by atoms with E-state index in [1.54, 1.807) is 7.11 Å². The third-order valence-corrected chi connectivity index (χ3v) is 4.04. The van der Waals surface area contributed by atoms with Crippen LogP contribution in [0.2, 0.25) is 0 Å². The molecular formula is C14H31N3O. The summed E-state index contributed by atoms with van der Waals surface area (Å²) >= 11 is 0. The molecule has 0 aliphatic carbocycles. The molecule has 1 aliphatic rings. The largest absolute Gasteiger partial charge is 0.385 e. The van der Waals surface area contributed by atoms with Crippen LogP contribution in [0.4, 0.5) is 0 Å². The number of hydrogen-bond donors (Lipinski definition) is 1. The minimum Gasteiger partial charge on any atom is -0.385 e. The fraction of sp³-hybridized carbons (Fsp3) is 1.00. The standard InChI is InChI=1S/C14H31N3O/c1-4-13(2)17-9-7-16(8-10-17)12-14(15)6-5-11-18-3/h13-14H,4-12,15H2,1-3H3. The maximum absolute atomic E-state index is 6.16. The molecule has 2 unspecified atom stereocenters. The van der Waals surface area contributed by atoms with Gasteiger partial charge in [0.05, 0.1) is 0 Å². The number of methoxy groups -OCH3 is 1. The van der Waals surface area contributed by atoms with Gasteiger partial charge >= 0.3 is 0 Å². The molecule has 2 N–H and O–H groups in total. The Morgan fingerprint density at radius 2 is 1.89 bits per heavy atom. The van der Waals surface area contributed by atoms with E-state index in [4.69, 9.17) is 10.5 Å². The molecular weight excluding hydrogens is 226 g/mol. The van der Waals surface area contributed by atoms with Crippen LogP contribution in [0.25, 0.3) is 0 Å². The molecule has 0 radical (unpaired) electrons. The Morgan fingerprint density at radius 3 is 2.44 bits per heavy atom. The highest BCUT2D eigenvalue weighted by Gasteiger charge is 2.20. The molecule has 0 spiro atoms. The zero-order valence-corrected chi connectivity index (χ0v) is 12.4. The molecule has 1 heterocycles. The summed E-state index contributed by atoms with van der Waals surface area (Å²) in [5, 5.41) is 0. The smallest absolute Gasteiger partial charge is 0.0462 e. The van der Waals surface area contributed by atoms with E-state index in [-0.39, 0.29) is 0 Å². The van der Waals surface area contributed by atoms with Gasteiger partial charge in [0.15, 0.2) is 0 Å². The highest BCUT2D eigenvalue weighted by molar-refractivity contribution is 4.78. The van der Waals surface area contributed by atoms with Crippen molar-refractivity contribution in [3.63, 3.8) is 0 Å². The minimum absolute atomic E-state index is 0.301. The maximum atomic E-state index is 6.16. The average Bonchev–Trinajstić information content (AvgIpc) is 2.39. The number of hydrogen-bond acceptors (Lipinski definition) is 4. The van der Waals surface area contributed by atoms with Crippen molar-refractivity contribution in [1.29, 1.82) is 0 Å². The number of rotatable bonds is 8. The molecule has 108 valence electrons. The molecule has 1 rings (SSSR count). The van der Waals surface area contributed by atoms with Gasteiger partial charge in [-0.05, 0) is 26.2 Å². The first kappa shape index (κ1) is 15.9. The lowest BCUT2D eigenvalue weighted by Gasteiger charge is -2.38. The molecule has 0 saturated carbocycles. The van der Waals surface area contributed by atoms with Gasteiger partial charge < -0.3 is 10.5 Å². The summed E-state index contributed by atoms with van der Waals surface area (Å²) in [4.78, 5) is 5.10. The topological polar surface area (TPSA) is 41.7 Å². The van der Waals surface area contributed by atoms with E-state index >= 15 is 0 Å². The summed E-state index contributed by atoms with van der Waals surface area (Å²) in [6, 6.07) is 1.03. The zero-order chi connectivity index (χ0) is 13.4. The van der Waals surface area contributed by atoms with Crippen molar-refractivity contribution in [3.05, 3.63) is 0 Å². The molecule has 4 heteroatoms. The second kappa shape index (κ2) is 8.86. The third kappa shape index (κ3) is 5.65. The molecule has 0 amide bonds. The van der Waals surface area contributed by atoms with Gasteiger partial charge in [-0.3, -0.25) is 9.80 Å². The summed E-state index contributed by atoms with van der Waals surface area (Å²) < 4.78 is 5.06. The second-order valence-electron chi connectivity index (χ2n) is 5.49. The van der Waals surface area contributed by atoms with Crippen LogP contribution in [-0.4, -0.2) is 68.3 Å². The zero-order valence-electron chi connectivity index (χ0n) is 12.4. The van der Waals surface area contributed by atoms with Gasteiger partial charge in [0.1, 0.15) is 0 Å². The van der Waals surface area contributed by atoms with Crippen molar-refractivity contribution < 1.29 is 4.74 Å². The Kier molecular flexibility index (Phi) is 7.82. The fourth-order valence-electron chi connectivity index (χ4n) is 2.56. The van der Waals surface area contributed by atoms with Gasteiger partial charge in [-0.25, -0.2) is 0 Å². The van der Waals surface area contributed by atoms with Gasteiger partial charge in [-0.2, -0.15) is 0 Å². The Balaban J connectivity index is 2.14. The highest BCUT2D eigenvalue weighted by atomic mass is 16.5. The molecule has 1 fully saturated rings. The molecule has 1 aliphatic heterocycles. The van der Waals surface area contributed by atoms with Gasteiger partial charge in [0.25, 0.3) is 0 Å². The van der Waals surface area contributed by atoms with Crippen molar-refractivity contribution in [3.8, 4) is 0 Å². The number of nitrogens with two attached hydrogens (primary N) is 1. The first-order valence-electron chi connectivity index (χ1n) is 7.38. The van der Waals surface area contributed by atoms with E-state index in [0.29, 0.717) is 6.04 Å². The van der Waals surface area contributed by atoms with Crippen LogP contribution in [0.5, 0.6) is 0 Å². The molecule has 0 bridgehead atoms. The lowest BCUT2D eigenvalue weighted by molar-refractivity contribution is 0.0951. The van der Waals surface area contributed by atoms with Crippen LogP contribution >= 0.6 is 0 Å². The lowest BCUT2D eigenvalue weighted by atomic mass is 10.1. The van der Waals surface area contributed by atoms with Crippen LogP contribution in [0.3, 0.4) is 0 Å². The Hall–Kier alpha value is -0.160. The van der Waals surface area contributed by atoms with E-state index in [1.807, 2.05) is 0 Å². The van der Waals surface area contributed by atoms with Gasteiger partial charge in [0, 0.05) is 58.5 Å². The number of nitrogens with zero attached hydrogens (tertiary/aromatic N) is 2. The fourth-order valence-corrected chi connectivity index (χ4v) is 2.56. The molecule has 4 nitrogen and oxygen atoms in total. The van der Waals surface area contributed by atoms with E-state index in [2.05, 4.69) is 23.6 Å². The van der Waals surface area contributed by atoms with E-state index in [1.165, 1.54) is 32.6 Å². The molecule has 2 atom stereocenters. The average molecular weight is 257 g/mol. The molecule has 1 saturated heterocycles. The van der Waals surface area contributed by atoms with Crippen LogP contribution in [0.15, 0.2) is 0 Å². The first-order chi connectivity index (χ1) is 8.67. The number of ether oxygens (including phenoxy) is 1. The predicted octanol–water partition coefficient (Wildman–Crippen LogP) is 1.16.